The number of fused-ring (bicyclic) bond motifs is 3. The number of carboxylic acids is 1. The number of hydrogen-bond acceptors (Lipinski definition) is 4. The van der Waals surface area contributed by atoms with Crippen LogP contribution in [0.25, 0.3) is 11.1 Å². The number of hydrogen-bond donors (Lipinski definition) is 2. The van der Waals surface area contributed by atoms with Gasteiger partial charge in [0.1, 0.15) is 13.2 Å². The lowest BCUT2D eigenvalue weighted by Crippen LogP contribution is -2.44. The highest BCUT2D eigenvalue weighted by atomic mass is 16.5. The fourth-order valence-electron chi connectivity index (χ4n) is 3.19. The van der Waals surface area contributed by atoms with Crippen LogP contribution in [0.1, 0.15) is 17.0 Å². The van der Waals surface area contributed by atoms with Crippen LogP contribution in [0.5, 0.6) is 0 Å². The molecule has 1 amide bonds. The first-order valence-electron chi connectivity index (χ1n) is 8.47. The molecule has 27 heavy (non-hydrogen) atoms. The number of terminal acetylenes is 1. The zero-order valence-electron chi connectivity index (χ0n) is 14.6. The number of benzene rings is 2. The van der Waals surface area contributed by atoms with Crippen LogP contribution in [0.2, 0.25) is 0 Å². The molecule has 2 aromatic rings. The predicted molar refractivity (Wildman–Crippen MR) is 99.3 cm³/mol. The van der Waals surface area contributed by atoms with E-state index in [1.807, 2.05) is 48.5 Å². The van der Waals surface area contributed by atoms with Gasteiger partial charge in [0, 0.05) is 5.92 Å². The number of nitrogens with one attached hydrogen (secondary N) is 1. The highest BCUT2D eigenvalue weighted by Crippen LogP contribution is 2.44. The number of carbonyl (C=O) groups excluding carboxylic acids is 1. The van der Waals surface area contributed by atoms with Crippen molar-refractivity contribution in [2.75, 3.05) is 19.8 Å². The molecule has 0 bridgehead atoms. The summed E-state index contributed by atoms with van der Waals surface area (Å²) in [5, 5.41) is 11.5. The van der Waals surface area contributed by atoms with Crippen LogP contribution in [0.3, 0.4) is 0 Å². The van der Waals surface area contributed by atoms with Crippen molar-refractivity contribution in [2.24, 2.45) is 0 Å². The van der Waals surface area contributed by atoms with Gasteiger partial charge < -0.3 is 19.9 Å². The summed E-state index contributed by atoms with van der Waals surface area (Å²) < 4.78 is 10.3. The van der Waals surface area contributed by atoms with Crippen LogP contribution in [-0.4, -0.2) is 43.0 Å². The van der Waals surface area contributed by atoms with E-state index in [1.54, 1.807) is 0 Å². The third-order valence-corrected chi connectivity index (χ3v) is 4.40. The van der Waals surface area contributed by atoms with Crippen LogP contribution < -0.4 is 5.32 Å². The normalized spacial score (nSPS) is 13.1. The summed E-state index contributed by atoms with van der Waals surface area (Å²) in [4.78, 5) is 23.3. The Balaban J connectivity index is 1.65. The van der Waals surface area contributed by atoms with Gasteiger partial charge in [-0.3, -0.25) is 0 Å². The maximum Gasteiger partial charge on any atom is 0.407 e. The number of alkyl carbamates (subject to hydrolysis) is 1. The first-order chi connectivity index (χ1) is 13.1. The van der Waals surface area contributed by atoms with Crippen molar-refractivity contribution in [1.82, 2.24) is 5.32 Å². The second-order valence-corrected chi connectivity index (χ2v) is 6.08. The molecule has 1 aliphatic rings. The fourth-order valence-corrected chi connectivity index (χ4v) is 3.19. The minimum atomic E-state index is -1.23. The van der Waals surface area contributed by atoms with Crippen molar-refractivity contribution < 1.29 is 24.2 Å². The van der Waals surface area contributed by atoms with Crippen LogP contribution in [0, 0.1) is 12.3 Å². The van der Waals surface area contributed by atoms with Crippen LogP contribution in [0.4, 0.5) is 4.79 Å². The Morgan fingerprint density at radius 3 is 2.26 bits per heavy atom. The predicted octanol–water partition coefficient (Wildman–Crippen LogP) is 2.63. The first kappa shape index (κ1) is 18.5. The van der Waals surface area contributed by atoms with Crippen LogP contribution in [-0.2, 0) is 14.3 Å². The van der Waals surface area contributed by atoms with Gasteiger partial charge in [-0.25, -0.2) is 9.59 Å². The van der Waals surface area contributed by atoms with Gasteiger partial charge in [-0.15, -0.1) is 6.42 Å². The zero-order valence-corrected chi connectivity index (χ0v) is 14.6. The second kappa shape index (κ2) is 8.39. The Bertz CT molecular complexity index is 841. The number of rotatable bonds is 7. The number of carboxylic acid groups (broad SMARTS) is 1. The summed E-state index contributed by atoms with van der Waals surface area (Å²) in [7, 11) is 0. The van der Waals surface area contributed by atoms with Crippen LogP contribution in [0.15, 0.2) is 48.5 Å². The Labute approximate surface area is 157 Å². The third kappa shape index (κ3) is 4.10. The lowest BCUT2D eigenvalue weighted by atomic mass is 9.98. The minimum absolute atomic E-state index is 0.0316. The summed E-state index contributed by atoms with van der Waals surface area (Å²) in [5.74, 6) is 0.922. The molecule has 0 spiro atoms. The Kier molecular flexibility index (Phi) is 5.74. The highest BCUT2D eigenvalue weighted by molar-refractivity contribution is 5.81. The molecule has 0 unspecified atom stereocenters. The van der Waals surface area contributed by atoms with E-state index in [0.717, 1.165) is 22.3 Å². The van der Waals surface area contributed by atoms with Crippen molar-refractivity contribution in [3.63, 3.8) is 0 Å². The topological polar surface area (TPSA) is 84.9 Å². The quantitative estimate of drug-likeness (QED) is 0.582. The van der Waals surface area contributed by atoms with Gasteiger partial charge in [-0.05, 0) is 22.3 Å². The lowest BCUT2D eigenvalue weighted by Gasteiger charge is -2.17. The first-order valence-corrected chi connectivity index (χ1v) is 8.47. The molecule has 0 saturated carbocycles. The van der Waals surface area contributed by atoms with E-state index in [4.69, 9.17) is 21.0 Å². The summed E-state index contributed by atoms with van der Waals surface area (Å²) >= 11 is 0. The van der Waals surface area contributed by atoms with E-state index < -0.39 is 18.1 Å². The molecule has 0 fully saturated rings. The van der Waals surface area contributed by atoms with E-state index in [9.17, 15) is 9.59 Å². The molecule has 138 valence electrons. The smallest absolute Gasteiger partial charge is 0.407 e. The molecule has 2 N–H and O–H groups in total. The Morgan fingerprint density at radius 2 is 1.70 bits per heavy atom. The monoisotopic (exact) mass is 365 g/mol. The van der Waals surface area contributed by atoms with Crippen molar-refractivity contribution in [3.05, 3.63) is 59.7 Å². The number of aliphatic carboxylic acids is 1. The van der Waals surface area contributed by atoms with E-state index >= 15 is 0 Å². The summed E-state index contributed by atoms with van der Waals surface area (Å²) in [6, 6.07) is 14.7. The van der Waals surface area contributed by atoms with E-state index in [1.165, 1.54) is 0 Å². The summed E-state index contributed by atoms with van der Waals surface area (Å²) in [5.41, 5.74) is 4.40. The van der Waals surface area contributed by atoms with Gasteiger partial charge in [0.15, 0.2) is 6.04 Å². The molecular formula is C21H19NO5. The van der Waals surface area contributed by atoms with Gasteiger partial charge in [-0.2, -0.15) is 0 Å². The van der Waals surface area contributed by atoms with Gasteiger partial charge in [0.05, 0.1) is 6.61 Å². The van der Waals surface area contributed by atoms with Crippen molar-refractivity contribution in [2.45, 2.75) is 12.0 Å². The van der Waals surface area contributed by atoms with E-state index in [0.29, 0.717) is 0 Å². The standard InChI is InChI=1S/C21H19NO5/c1-2-11-26-13-19(20(23)24)22-21(25)27-12-18-16-9-5-3-7-14(16)15-8-4-6-10-17(15)18/h1,3-10,18-19H,11-13H2,(H,22,25)(H,23,24)/t19-/m1/s1. The number of ether oxygens (including phenoxy) is 2. The SMILES string of the molecule is C#CCOC[C@@H](NC(=O)OCC1c2ccccc2-c2ccccc21)C(=O)O. The van der Waals surface area contributed by atoms with Gasteiger partial charge in [0.2, 0.25) is 0 Å². The lowest BCUT2D eigenvalue weighted by molar-refractivity contribution is -0.140. The van der Waals surface area contributed by atoms with Gasteiger partial charge in [-0.1, -0.05) is 54.5 Å². The van der Waals surface area contributed by atoms with Gasteiger partial charge in [0.25, 0.3) is 0 Å². The second-order valence-electron chi connectivity index (χ2n) is 6.08. The number of amides is 1. The molecule has 6 heteroatoms. The maximum atomic E-state index is 12.1. The summed E-state index contributed by atoms with van der Waals surface area (Å²) in [6.45, 7) is -0.155. The molecule has 0 radical (unpaired) electrons. The third-order valence-electron chi connectivity index (χ3n) is 4.40. The zero-order chi connectivity index (χ0) is 19.2. The highest BCUT2D eigenvalue weighted by Gasteiger charge is 2.29. The van der Waals surface area contributed by atoms with Crippen molar-refractivity contribution in [1.29, 1.82) is 0 Å². The fraction of sp³-hybridized carbons (Fsp3) is 0.238. The average molecular weight is 365 g/mol. The molecule has 0 aromatic heterocycles. The minimum Gasteiger partial charge on any atom is -0.480 e. The molecule has 0 heterocycles. The maximum absolute atomic E-state index is 12.1. The van der Waals surface area contributed by atoms with E-state index in [-0.39, 0.29) is 25.7 Å². The molecule has 0 saturated heterocycles. The molecule has 0 aliphatic heterocycles. The Morgan fingerprint density at radius 1 is 1.11 bits per heavy atom. The van der Waals surface area contributed by atoms with Gasteiger partial charge >= 0.3 is 12.1 Å². The molecule has 3 rings (SSSR count). The van der Waals surface area contributed by atoms with Crippen molar-refractivity contribution in [3.8, 4) is 23.5 Å². The molecular weight excluding hydrogens is 346 g/mol. The molecule has 1 aliphatic carbocycles. The largest absolute Gasteiger partial charge is 0.480 e. The number of carbonyl (C=O) groups is 2. The van der Waals surface area contributed by atoms with E-state index in [2.05, 4.69) is 11.2 Å². The summed E-state index contributed by atoms with van der Waals surface area (Å²) in [6.07, 6.45) is 4.24. The Hall–Kier alpha value is -3.30. The molecule has 1 atom stereocenters. The molecule has 6 nitrogen and oxygen atoms in total. The van der Waals surface area contributed by atoms with Crippen molar-refractivity contribution >= 4 is 12.1 Å². The average Bonchev–Trinajstić information content (AvgIpc) is 2.99. The van der Waals surface area contributed by atoms with Crippen LogP contribution >= 0.6 is 0 Å². The molecule has 2 aromatic carbocycles.